The van der Waals surface area contributed by atoms with Crippen LogP contribution in [0.3, 0.4) is 0 Å². The van der Waals surface area contributed by atoms with Crippen molar-refractivity contribution in [3.8, 4) is 5.75 Å². The van der Waals surface area contributed by atoms with Crippen LogP contribution in [-0.2, 0) is 0 Å². The number of hydrogen-bond acceptors (Lipinski definition) is 2. The summed E-state index contributed by atoms with van der Waals surface area (Å²) in [7, 11) is 1.68. The van der Waals surface area contributed by atoms with E-state index in [1.807, 2.05) is 24.3 Å². The summed E-state index contributed by atoms with van der Waals surface area (Å²) in [6.45, 7) is 2.13. The molecule has 3 rings (SSSR count). The Hall–Kier alpha value is -2.32. The second-order valence-corrected chi connectivity index (χ2v) is 5.24. The summed E-state index contributed by atoms with van der Waals surface area (Å²) in [6.07, 6.45) is 0. The molecule has 0 heterocycles. The minimum Gasteiger partial charge on any atom is -0.496 e. The molecule has 2 N–H and O–H groups in total. The lowest BCUT2D eigenvalue weighted by molar-refractivity contribution is 0.408. The molecule has 3 aromatic carbocycles. The molecular weight excluding hydrogens is 258 g/mol. The lowest BCUT2D eigenvalue weighted by atomic mass is 9.92. The maximum Gasteiger partial charge on any atom is 0.123 e. The highest BCUT2D eigenvalue weighted by atomic mass is 16.5. The van der Waals surface area contributed by atoms with Crippen molar-refractivity contribution in [1.29, 1.82) is 0 Å². The van der Waals surface area contributed by atoms with E-state index in [4.69, 9.17) is 10.5 Å². The lowest BCUT2D eigenvalue weighted by Crippen LogP contribution is -2.13. The highest BCUT2D eigenvalue weighted by molar-refractivity contribution is 5.89. The number of benzene rings is 3. The van der Waals surface area contributed by atoms with Crippen molar-refractivity contribution in [3.05, 3.63) is 77.4 Å². The fraction of sp³-hybridized carbons (Fsp3) is 0.158. The first-order valence-electron chi connectivity index (χ1n) is 7.09. The third-order valence-electron chi connectivity index (χ3n) is 3.98. The van der Waals surface area contributed by atoms with E-state index in [2.05, 4.69) is 43.3 Å². The summed E-state index contributed by atoms with van der Waals surface area (Å²) in [4.78, 5) is 0. The summed E-state index contributed by atoms with van der Waals surface area (Å²) in [5.41, 5.74) is 9.93. The fourth-order valence-electron chi connectivity index (χ4n) is 2.84. The molecule has 2 nitrogen and oxygen atoms in total. The first kappa shape index (κ1) is 13.7. The fourth-order valence-corrected chi connectivity index (χ4v) is 2.84. The van der Waals surface area contributed by atoms with Gasteiger partial charge in [0, 0.05) is 5.56 Å². The van der Waals surface area contributed by atoms with Gasteiger partial charge >= 0.3 is 0 Å². The van der Waals surface area contributed by atoms with Gasteiger partial charge in [-0.15, -0.1) is 0 Å². The number of methoxy groups -OCH3 is 1. The zero-order chi connectivity index (χ0) is 14.8. The number of rotatable bonds is 3. The summed E-state index contributed by atoms with van der Waals surface area (Å²) < 4.78 is 5.44. The van der Waals surface area contributed by atoms with Crippen LogP contribution in [0.4, 0.5) is 0 Å². The predicted molar refractivity (Wildman–Crippen MR) is 87.7 cm³/mol. The van der Waals surface area contributed by atoms with Crippen LogP contribution in [0.25, 0.3) is 10.8 Å². The third kappa shape index (κ3) is 2.39. The largest absolute Gasteiger partial charge is 0.496 e. The van der Waals surface area contributed by atoms with E-state index in [0.29, 0.717) is 0 Å². The highest BCUT2D eigenvalue weighted by Crippen LogP contribution is 2.33. The predicted octanol–water partition coefficient (Wildman–Crippen LogP) is 4.20. The molecule has 1 atom stereocenters. The average molecular weight is 277 g/mol. The van der Waals surface area contributed by atoms with E-state index < -0.39 is 0 Å². The van der Waals surface area contributed by atoms with Gasteiger partial charge in [0.2, 0.25) is 0 Å². The maximum atomic E-state index is 6.53. The van der Waals surface area contributed by atoms with Gasteiger partial charge in [0.05, 0.1) is 13.2 Å². The molecule has 3 aromatic rings. The van der Waals surface area contributed by atoms with Crippen LogP contribution >= 0.6 is 0 Å². The van der Waals surface area contributed by atoms with E-state index in [0.717, 1.165) is 16.9 Å². The van der Waals surface area contributed by atoms with E-state index in [1.165, 1.54) is 16.3 Å². The van der Waals surface area contributed by atoms with E-state index in [1.54, 1.807) is 7.11 Å². The molecule has 2 heteroatoms. The number of ether oxygens (including phenoxy) is 1. The molecule has 0 saturated heterocycles. The molecule has 0 amide bonds. The molecule has 0 bridgehead atoms. The first-order chi connectivity index (χ1) is 10.2. The molecule has 0 aliphatic rings. The standard InChI is InChI=1S/C19H19NO/c1-13-11-12-16(15-8-4-3-7-14(13)15)19(20)17-9-5-6-10-18(17)21-2/h3-12,19H,20H2,1-2H3. The van der Waals surface area contributed by atoms with E-state index in [-0.39, 0.29) is 6.04 Å². The minimum atomic E-state index is -0.202. The number of aryl methyl sites for hydroxylation is 1. The van der Waals surface area contributed by atoms with E-state index >= 15 is 0 Å². The molecule has 106 valence electrons. The Bertz CT molecular complexity index is 779. The Kier molecular flexibility index (Phi) is 3.63. The molecule has 0 fully saturated rings. The smallest absolute Gasteiger partial charge is 0.123 e. The number of hydrogen-bond donors (Lipinski definition) is 1. The van der Waals surface area contributed by atoms with Crippen LogP contribution in [0.15, 0.2) is 60.7 Å². The van der Waals surface area contributed by atoms with Gasteiger partial charge in [-0.25, -0.2) is 0 Å². The van der Waals surface area contributed by atoms with E-state index in [9.17, 15) is 0 Å². The van der Waals surface area contributed by atoms with Crippen LogP contribution in [-0.4, -0.2) is 7.11 Å². The molecule has 0 saturated carbocycles. The van der Waals surface area contributed by atoms with Gasteiger partial charge in [-0.2, -0.15) is 0 Å². The SMILES string of the molecule is COc1ccccc1C(N)c1ccc(C)c2ccccc12. The lowest BCUT2D eigenvalue weighted by Gasteiger charge is -2.18. The summed E-state index contributed by atoms with van der Waals surface area (Å²) in [5, 5.41) is 2.45. The normalized spacial score (nSPS) is 12.3. The molecule has 0 aromatic heterocycles. The Balaban J connectivity index is 2.18. The minimum absolute atomic E-state index is 0.202. The van der Waals surface area contributed by atoms with Crippen molar-refractivity contribution in [2.45, 2.75) is 13.0 Å². The molecule has 0 radical (unpaired) electrons. The van der Waals surface area contributed by atoms with Crippen LogP contribution in [0.5, 0.6) is 5.75 Å². The quantitative estimate of drug-likeness (QED) is 0.778. The van der Waals surface area contributed by atoms with Crippen molar-refractivity contribution in [3.63, 3.8) is 0 Å². The topological polar surface area (TPSA) is 35.2 Å². The van der Waals surface area contributed by atoms with Crippen molar-refractivity contribution in [2.24, 2.45) is 5.73 Å². The van der Waals surface area contributed by atoms with Crippen molar-refractivity contribution >= 4 is 10.8 Å². The number of nitrogens with two attached hydrogens (primary N) is 1. The van der Waals surface area contributed by atoms with Gasteiger partial charge in [-0.3, -0.25) is 0 Å². The van der Waals surface area contributed by atoms with Gasteiger partial charge in [0.15, 0.2) is 0 Å². The molecule has 1 unspecified atom stereocenters. The van der Waals surface area contributed by atoms with Crippen molar-refractivity contribution in [2.75, 3.05) is 7.11 Å². The van der Waals surface area contributed by atoms with Gasteiger partial charge in [-0.1, -0.05) is 54.6 Å². The highest BCUT2D eigenvalue weighted by Gasteiger charge is 2.16. The Morgan fingerprint density at radius 1 is 0.810 bits per heavy atom. The maximum absolute atomic E-state index is 6.53. The first-order valence-corrected chi connectivity index (χ1v) is 7.09. The van der Waals surface area contributed by atoms with Crippen LogP contribution in [0.1, 0.15) is 22.7 Å². The van der Waals surface area contributed by atoms with Gasteiger partial charge < -0.3 is 10.5 Å². The number of para-hydroxylation sites is 1. The monoisotopic (exact) mass is 277 g/mol. The Labute approximate surface area is 125 Å². The average Bonchev–Trinajstić information content (AvgIpc) is 2.55. The van der Waals surface area contributed by atoms with Crippen LogP contribution in [0, 0.1) is 6.92 Å². The third-order valence-corrected chi connectivity index (χ3v) is 3.98. The number of fused-ring (bicyclic) bond motifs is 1. The zero-order valence-corrected chi connectivity index (χ0v) is 12.3. The van der Waals surface area contributed by atoms with Crippen LogP contribution in [0.2, 0.25) is 0 Å². The molecule has 0 aliphatic carbocycles. The summed E-state index contributed by atoms with van der Waals surface area (Å²) in [5.74, 6) is 0.828. The van der Waals surface area contributed by atoms with Crippen molar-refractivity contribution < 1.29 is 4.74 Å². The second kappa shape index (κ2) is 5.58. The summed E-state index contributed by atoms with van der Waals surface area (Å²) in [6, 6.07) is 20.4. The Morgan fingerprint density at radius 3 is 2.24 bits per heavy atom. The molecular formula is C19H19NO. The van der Waals surface area contributed by atoms with Gasteiger partial charge in [0.1, 0.15) is 5.75 Å². The zero-order valence-electron chi connectivity index (χ0n) is 12.3. The molecule has 0 spiro atoms. The van der Waals surface area contributed by atoms with Crippen LogP contribution < -0.4 is 10.5 Å². The summed E-state index contributed by atoms with van der Waals surface area (Å²) >= 11 is 0. The Morgan fingerprint density at radius 2 is 1.48 bits per heavy atom. The van der Waals surface area contributed by atoms with Gasteiger partial charge in [-0.05, 0) is 34.9 Å². The second-order valence-electron chi connectivity index (χ2n) is 5.24. The van der Waals surface area contributed by atoms with Gasteiger partial charge in [0.25, 0.3) is 0 Å². The molecule has 21 heavy (non-hydrogen) atoms. The van der Waals surface area contributed by atoms with Crippen molar-refractivity contribution in [1.82, 2.24) is 0 Å². The molecule has 0 aliphatic heterocycles.